The Kier molecular flexibility index (Phi) is 6.06. The Labute approximate surface area is 151 Å². The number of ether oxygens (including phenoxy) is 1. The van der Waals surface area contributed by atoms with E-state index in [1.54, 1.807) is 13.8 Å². The maximum Gasteiger partial charge on any atom is 0.338 e. The molecule has 0 heterocycles. The first-order chi connectivity index (χ1) is 12.2. The predicted octanol–water partition coefficient (Wildman–Crippen LogP) is 2.56. The number of esters is 1. The van der Waals surface area contributed by atoms with Crippen LogP contribution in [-0.4, -0.2) is 25.9 Å². The van der Waals surface area contributed by atoms with Gasteiger partial charge in [0.05, 0.1) is 15.4 Å². The van der Waals surface area contributed by atoms with E-state index >= 15 is 0 Å². The molecule has 0 radical (unpaired) electrons. The van der Waals surface area contributed by atoms with E-state index in [0.717, 1.165) is 0 Å². The molecule has 0 unspecified atom stereocenters. The topological polar surface area (TPSA) is 116 Å². The Morgan fingerprint density at radius 2 is 1.85 bits per heavy atom. The van der Waals surface area contributed by atoms with E-state index in [4.69, 9.17) is 4.74 Å². The number of carbonyl (C=O) groups is 1. The highest BCUT2D eigenvalue weighted by Gasteiger charge is 2.18. The van der Waals surface area contributed by atoms with E-state index in [9.17, 15) is 23.3 Å². The minimum absolute atomic E-state index is 0.0211. The van der Waals surface area contributed by atoms with Crippen molar-refractivity contribution in [3.8, 4) is 0 Å². The zero-order valence-corrected chi connectivity index (χ0v) is 15.1. The maximum atomic E-state index is 12.3. The van der Waals surface area contributed by atoms with Gasteiger partial charge in [-0.1, -0.05) is 13.0 Å². The molecular formula is C17H18N2O6S. The molecule has 26 heavy (non-hydrogen) atoms. The van der Waals surface area contributed by atoms with Crippen LogP contribution in [0.15, 0.2) is 47.4 Å². The summed E-state index contributed by atoms with van der Waals surface area (Å²) in [5, 5.41) is 10.6. The van der Waals surface area contributed by atoms with Gasteiger partial charge < -0.3 is 4.74 Å². The van der Waals surface area contributed by atoms with Gasteiger partial charge in [-0.15, -0.1) is 0 Å². The summed E-state index contributed by atoms with van der Waals surface area (Å²) in [6.45, 7) is 3.48. The molecule has 0 saturated carbocycles. The maximum absolute atomic E-state index is 12.3. The van der Waals surface area contributed by atoms with Crippen LogP contribution in [0.5, 0.6) is 0 Å². The first kappa shape index (κ1) is 19.5. The fourth-order valence-electron chi connectivity index (χ4n) is 2.20. The first-order valence-corrected chi connectivity index (χ1v) is 9.23. The minimum Gasteiger partial charge on any atom is -0.457 e. The van der Waals surface area contributed by atoms with Gasteiger partial charge in [-0.25, -0.2) is 17.9 Å². The summed E-state index contributed by atoms with van der Waals surface area (Å²) in [6.07, 6.45) is 0. The van der Waals surface area contributed by atoms with Crippen molar-refractivity contribution < 1.29 is 22.9 Å². The second kappa shape index (κ2) is 8.07. The fraction of sp³-hybridized carbons (Fsp3) is 0.235. The summed E-state index contributed by atoms with van der Waals surface area (Å²) < 4.78 is 31.7. The molecule has 2 rings (SSSR count). The van der Waals surface area contributed by atoms with Gasteiger partial charge in [-0.05, 0) is 42.3 Å². The Hall–Kier alpha value is -2.78. The van der Waals surface area contributed by atoms with Crippen LogP contribution in [0.2, 0.25) is 0 Å². The van der Waals surface area contributed by atoms with Gasteiger partial charge >= 0.3 is 5.97 Å². The first-order valence-electron chi connectivity index (χ1n) is 7.75. The molecule has 138 valence electrons. The molecule has 2 aromatic rings. The predicted molar refractivity (Wildman–Crippen MR) is 94.3 cm³/mol. The third-order valence-electron chi connectivity index (χ3n) is 3.59. The minimum atomic E-state index is -3.68. The molecule has 8 nitrogen and oxygen atoms in total. The fourth-order valence-corrected chi connectivity index (χ4v) is 3.27. The Morgan fingerprint density at radius 1 is 1.19 bits per heavy atom. The van der Waals surface area contributed by atoms with Crippen LogP contribution in [0.3, 0.4) is 0 Å². The molecule has 0 aliphatic carbocycles. The lowest BCUT2D eigenvalue weighted by Gasteiger charge is -2.10. The summed E-state index contributed by atoms with van der Waals surface area (Å²) in [7, 11) is -3.68. The molecule has 0 fully saturated rings. The van der Waals surface area contributed by atoms with Gasteiger partial charge in [0.2, 0.25) is 10.0 Å². The second-order valence-electron chi connectivity index (χ2n) is 5.48. The number of nitrogens with zero attached hydrogens (tertiary/aromatic N) is 1. The van der Waals surface area contributed by atoms with Crippen molar-refractivity contribution in [2.24, 2.45) is 0 Å². The van der Waals surface area contributed by atoms with Crippen LogP contribution in [-0.2, 0) is 21.4 Å². The van der Waals surface area contributed by atoms with E-state index in [1.807, 2.05) is 0 Å². The Morgan fingerprint density at radius 3 is 2.42 bits per heavy atom. The van der Waals surface area contributed by atoms with Gasteiger partial charge in [0.25, 0.3) is 5.69 Å². The van der Waals surface area contributed by atoms with Crippen LogP contribution < -0.4 is 4.72 Å². The van der Waals surface area contributed by atoms with Crippen LogP contribution in [0.25, 0.3) is 0 Å². The number of sulfonamides is 1. The lowest BCUT2D eigenvalue weighted by atomic mass is 10.1. The molecule has 0 bridgehead atoms. The number of hydrogen-bond donors (Lipinski definition) is 1. The molecule has 0 amide bonds. The largest absolute Gasteiger partial charge is 0.457 e. The number of rotatable bonds is 7. The van der Waals surface area contributed by atoms with Gasteiger partial charge in [0.1, 0.15) is 6.61 Å². The van der Waals surface area contributed by atoms with E-state index in [1.165, 1.54) is 42.5 Å². The standard InChI is InChI=1S/C17H18N2O6S/c1-3-18-26(23,24)15-9-4-12(2)16(10-15)17(20)25-11-13-5-7-14(8-6-13)19(21)22/h4-10,18H,3,11H2,1-2H3. The van der Waals surface area contributed by atoms with Crippen molar-refractivity contribution in [3.05, 3.63) is 69.3 Å². The van der Waals surface area contributed by atoms with E-state index in [-0.39, 0.29) is 29.3 Å². The third kappa shape index (κ3) is 4.64. The van der Waals surface area contributed by atoms with E-state index < -0.39 is 20.9 Å². The highest BCUT2D eigenvalue weighted by Crippen LogP contribution is 2.18. The van der Waals surface area contributed by atoms with Crippen LogP contribution in [0.1, 0.15) is 28.4 Å². The zero-order chi connectivity index (χ0) is 19.3. The van der Waals surface area contributed by atoms with Crippen molar-refractivity contribution in [3.63, 3.8) is 0 Å². The second-order valence-corrected chi connectivity index (χ2v) is 7.24. The molecule has 0 spiro atoms. The summed E-state index contributed by atoms with van der Waals surface area (Å²) in [5.41, 5.74) is 1.25. The van der Waals surface area contributed by atoms with E-state index in [2.05, 4.69) is 4.72 Å². The molecule has 1 N–H and O–H groups in total. The van der Waals surface area contributed by atoms with Gasteiger partial charge in [0, 0.05) is 18.7 Å². The monoisotopic (exact) mass is 378 g/mol. The highest BCUT2D eigenvalue weighted by molar-refractivity contribution is 7.89. The van der Waals surface area contributed by atoms with Crippen molar-refractivity contribution in [1.29, 1.82) is 0 Å². The lowest BCUT2D eigenvalue weighted by Crippen LogP contribution is -2.23. The Balaban J connectivity index is 2.15. The van der Waals surface area contributed by atoms with Gasteiger partial charge in [0.15, 0.2) is 0 Å². The number of nitrogens with one attached hydrogen (secondary N) is 1. The number of nitro benzene ring substituents is 1. The highest BCUT2D eigenvalue weighted by atomic mass is 32.2. The SMILES string of the molecule is CCNS(=O)(=O)c1ccc(C)c(C(=O)OCc2ccc([N+](=O)[O-])cc2)c1. The molecular weight excluding hydrogens is 360 g/mol. The van der Waals surface area contributed by atoms with Crippen molar-refractivity contribution in [2.45, 2.75) is 25.3 Å². The summed E-state index contributed by atoms with van der Waals surface area (Å²) >= 11 is 0. The van der Waals surface area contributed by atoms with Crippen molar-refractivity contribution in [2.75, 3.05) is 6.54 Å². The summed E-state index contributed by atoms with van der Waals surface area (Å²) in [5.74, 6) is -0.672. The Bertz CT molecular complexity index is 923. The van der Waals surface area contributed by atoms with E-state index in [0.29, 0.717) is 11.1 Å². The number of non-ortho nitro benzene ring substituents is 1. The van der Waals surface area contributed by atoms with Crippen LogP contribution in [0, 0.1) is 17.0 Å². The number of aryl methyl sites for hydroxylation is 1. The number of nitro groups is 1. The van der Waals surface area contributed by atoms with Crippen molar-refractivity contribution in [1.82, 2.24) is 4.72 Å². The number of hydrogen-bond acceptors (Lipinski definition) is 6. The number of benzene rings is 2. The third-order valence-corrected chi connectivity index (χ3v) is 5.13. The molecule has 0 aliphatic heterocycles. The smallest absolute Gasteiger partial charge is 0.338 e. The normalized spacial score (nSPS) is 11.2. The quantitative estimate of drug-likeness (QED) is 0.450. The van der Waals surface area contributed by atoms with Crippen molar-refractivity contribution >= 4 is 21.7 Å². The molecule has 2 aromatic carbocycles. The average molecular weight is 378 g/mol. The summed E-state index contributed by atoms with van der Waals surface area (Å²) in [6, 6.07) is 9.84. The number of carbonyl (C=O) groups excluding carboxylic acids is 1. The molecule has 0 aromatic heterocycles. The van der Waals surface area contributed by atoms with Gasteiger partial charge in [-0.2, -0.15) is 0 Å². The molecule has 0 saturated heterocycles. The zero-order valence-electron chi connectivity index (χ0n) is 14.3. The molecule has 0 aliphatic rings. The average Bonchev–Trinajstić information content (AvgIpc) is 2.60. The molecule has 9 heteroatoms. The van der Waals surface area contributed by atoms with Gasteiger partial charge in [-0.3, -0.25) is 10.1 Å². The van der Waals surface area contributed by atoms with Crippen LogP contribution >= 0.6 is 0 Å². The molecule has 0 atom stereocenters. The summed E-state index contributed by atoms with van der Waals surface area (Å²) in [4.78, 5) is 22.4. The lowest BCUT2D eigenvalue weighted by molar-refractivity contribution is -0.384. The van der Waals surface area contributed by atoms with Crippen LogP contribution in [0.4, 0.5) is 5.69 Å².